The molecule has 1 unspecified atom stereocenters. The van der Waals surface area contributed by atoms with Crippen LogP contribution in [0.2, 0.25) is 0 Å². The zero-order chi connectivity index (χ0) is 19.4. The molecule has 1 aromatic rings. The van der Waals surface area contributed by atoms with E-state index in [0.29, 0.717) is 37.6 Å². The van der Waals surface area contributed by atoms with Crippen molar-refractivity contribution < 1.29 is 14.3 Å². The largest absolute Gasteiger partial charge is 0.492 e. The second-order valence-corrected chi connectivity index (χ2v) is 6.60. The van der Waals surface area contributed by atoms with Crippen LogP contribution in [0.25, 0.3) is 0 Å². The molecule has 2 amide bonds. The number of carbonyl (C=O) groups excluding carboxylic acids is 2. The van der Waals surface area contributed by atoms with Gasteiger partial charge in [0.1, 0.15) is 12.4 Å². The van der Waals surface area contributed by atoms with Crippen molar-refractivity contribution in [2.24, 2.45) is 5.73 Å². The molecule has 26 heavy (non-hydrogen) atoms. The summed E-state index contributed by atoms with van der Waals surface area (Å²) in [4.78, 5) is 22.7. The van der Waals surface area contributed by atoms with Gasteiger partial charge in [0.15, 0.2) is 0 Å². The Bertz CT molecular complexity index is 585. The van der Waals surface area contributed by atoms with Crippen LogP contribution in [0.3, 0.4) is 0 Å². The summed E-state index contributed by atoms with van der Waals surface area (Å²) in [6.45, 7) is 2.85. The molecule has 0 saturated carbocycles. The second kappa shape index (κ2) is 12.9. The van der Waals surface area contributed by atoms with Crippen molar-refractivity contribution in [3.05, 3.63) is 29.3 Å². The van der Waals surface area contributed by atoms with Gasteiger partial charge in [-0.05, 0) is 42.5 Å². The molecule has 1 rings (SSSR count). The zero-order valence-electron chi connectivity index (χ0n) is 15.2. The topological polar surface area (TPSA) is 93.5 Å². The molecule has 0 saturated heterocycles. The average Bonchev–Trinajstić information content (AvgIpc) is 2.63. The van der Waals surface area contributed by atoms with Crippen molar-refractivity contribution in [2.75, 3.05) is 19.7 Å². The molecule has 4 N–H and O–H groups in total. The van der Waals surface area contributed by atoms with Gasteiger partial charge >= 0.3 is 0 Å². The fraction of sp³-hybridized carbons (Fsp3) is 0.556. The molecule has 0 bridgehead atoms. The number of amides is 2. The van der Waals surface area contributed by atoms with Crippen molar-refractivity contribution in [1.82, 2.24) is 10.6 Å². The Balaban J connectivity index is 2.22. The van der Waals surface area contributed by atoms with Crippen LogP contribution >= 0.6 is 25.3 Å². The number of benzene rings is 1. The van der Waals surface area contributed by atoms with Crippen molar-refractivity contribution in [1.29, 1.82) is 0 Å². The summed E-state index contributed by atoms with van der Waals surface area (Å²) in [6, 6.07) is 5.27. The molecule has 0 fully saturated rings. The molecule has 0 aliphatic carbocycles. The van der Waals surface area contributed by atoms with Crippen molar-refractivity contribution in [3.63, 3.8) is 0 Å². The Hall–Kier alpha value is -1.38. The molecule has 0 radical (unpaired) electrons. The van der Waals surface area contributed by atoms with E-state index in [1.165, 1.54) is 6.92 Å². The molecule has 0 aromatic heterocycles. The monoisotopic (exact) mass is 399 g/mol. The predicted molar refractivity (Wildman–Crippen MR) is 111 cm³/mol. The van der Waals surface area contributed by atoms with Crippen LogP contribution in [0, 0.1) is 0 Å². The molecule has 0 spiro atoms. The third-order valence-corrected chi connectivity index (χ3v) is 4.52. The average molecular weight is 400 g/mol. The Labute approximate surface area is 166 Å². The minimum absolute atomic E-state index is 0.0474. The van der Waals surface area contributed by atoms with E-state index >= 15 is 0 Å². The van der Waals surface area contributed by atoms with Crippen molar-refractivity contribution in [3.8, 4) is 5.75 Å². The Morgan fingerprint density at radius 1 is 1.12 bits per heavy atom. The van der Waals surface area contributed by atoms with E-state index in [1.54, 1.807) is 0 Å². The number of thiol groups is 2. The van der Waals surface area contributed by atoms with Gasteiger partial charge in [0.25, 0.3) is 0 Å². The maximum Gasteiger partial charge on any atom is 0.237 e. The smallest absolute Gasteiger partial charge is 0.237 e. The molecule has 0 heterocycles. The standard InChI is InChI=1S/C18H29N3O3S2/c1-13(22)20-7-3-2-4-17(19)18(23)21-8-9-24-16-6-5-14(11-25)15(10-16)12-26/h5-6,10,17,25-26H,2-4,7-9,11-12,19H2,1H3,(H,20,22)(H,21,23). The number of unbranched alkanes of at least 4 members (excludes halogenated alkanes) is 1. The number of nitrogens with one attached hydrogen (secondary N) is 2. The van der Waals surface area contributed by atoms with Crippen molar-refractivity contribution >= 4 is 37.1 Å². The van der Waals surface area contributed by atoms with Crippen LogP contribution in [0.4, 0.5) is 0 Å². The summed E-state index contributed by atoms with van der Waals surface area (Å²) in [7, 11) is 0. The first-order valence-electron chi connectivity index (χ1n) is 8.72. The lowest BCUT2D eigenvalue weighted by molar-refractivity contribution is -0.122. The summed E-state index contributed by atoms with van der Waals surface area (Å²) >= 11 is 8.60. The minimum Gasteiger partial charge on any atom is -0.492 e. The molecule has 146 valence electrons. The lowest BCUT2D eigenvalue weighted by Gasteiger charge is -2.13. The van der Waals surface area contributed by atoms with E-state index in [2.05, 4.69) is 35.9 Å². The van der Waals surface area contributed by atoms with Gasteiger partial charge in [0.05, 0.1) is 12.6 Å². The molecule has 0 aliphatic heterocycles. The van der Waals surface area contributed by atoms with Crippen LogP contribution in [-0.4, -0.2) is 37.6 Å². The number of rotatable bonds is 12. The van der Waals surface area contributed by atoms with E-state index in [9.17, 15) is 9.59 Å². The van der Waals surface area contributed by atoms with Crippen LogP contribution in [-0.2, 0) is 21.1 Å². The third kappa shape index (κ3) is 8.82. The number of hydrogen-bond acceptors (Lipinski definition) is 6. The van der Waals surface area contributed by atoms with Gasteiger partial charge in [-0.15, -0.1) is 0 Å². The van der Waals surface area contributed by atoms with E-state index in [4.69, 9.17) is 10.5 Å². The van der Waals surface area contributed by atoms with Gasteiger partial charge in [-0.1, -0.05) is 6.07 Å². The Morgan fingerprint density at radius 2 is 1.85 bits per heavy atom. The summed E-state index contributed by atoms with van der Waals surface area (Å²) in [5, 5.41) is 5.49. The van der Waals surface area contributed by atoms with Crippen LogP contribution in [0.15, 0.2) is 18.2 Å². The summed E-state index contributed by atoms with van der Waals surface area (Å²) in [6.07, 6.45) is 2.18. The van der Waals surface area contributed by atoms with Gasteiger partial charge in [-0.2, -0.15) is 25.3 Å². The number of ether oxygens (including phenoxy) is 1. The number of carbonyl (C=O) groups is 2. The van der Waals surface area contributed by atoms with Crippen LogP contribution in [0.5, 0.6) is 5.75 Å². The maximum atomic E-state index is 11.9. The minimum atomic E-state index is -0.544. The first-order chi connectivity index (χ1) is 12.5. The van der Waals surface area contributed by atoms with Gasteiger partial charge in [-0.3, -0.25) is 9.59 Å². The fourth-order valence-electron chi connectivity index (χ4n) is 2.35. The lowest BCUT2D eigenvalue weighted by atomic mass is 10.1. The predicted octanol–water partition coefficient (Wildman–Crippen LogP) is 1.67. The first kappa shape index (κ1) is 22.7. The Morgan fingerprint density at radius 3 is 2.50 bits per heavy atom. The molecule has 0 aliphatic rings. The molecular weight excluding hydrogens is 370 g/mol. The van der Waals surface area contributed by atoms with E-state index in [0.717, 1.165) is 29.7 Å². The fourth-order valence-corrected chi connectivity index (χ4v) is 2.96. The molecule has 1 aromatic carbocycles. The van der Waals surface area contributed by atoms with E-state index in [1.807, 2.05) is 18.2 Å². The highest BCUT2D eigenvalue weighted by Gasteiger charge is 2.12. The quantitative estimate of drug-likeness (QED) is 0.273. The summed E-state index contributed by atoms with van der Waals surface area (Å²) < 4.78 is 5.66. The molecule has 6 nitrogen and oxygen atoms in total. The zero-order valence-corrected chi connectivity index (χ0v) is 17.0. The summed E-state index contributed by atoms with van der Waals surface area (Å²) in [5.74, 6) is 1.80. The van der Waals surface area contributed by atoms with E-state index < -0.39 is 6.04 Å². The van der Waals surface area contributed by atoms with Gasteiger partial charge < -0.3 is 21.1 Å². The highest BCUT2D eigenvalue weighted by atomic mass is 32.1. The van der Waals surface area contributed by atoms with Gasteiger partial charge in [0, 0.05) is 25.0 Å². The normalized spacial score (nSPS) is 11.7. The highest BCUT2D eigenvalue weighted by molar-refractivity contribution is 7.79. The number of hydrogen-bond donors (Lipinski definition) is 5. The van der Waals surface area contributed by atoms with Gasteiger partial charge in [0.2, 0.25) is 11.8 Å². The molecular formula is C18H29N3O3S2. The molecule has 8 heteroatoms. The second-order valence-electron chi connectivity index (χ2n) is 5.97. The molecule has 1 atom stereocenters. The third-order valence-electron chi connectivity index (χ3n) is 3.84. The van der Waals surface area contributed by atoms with Crippen molar-refractivity contribution in [2.45, 2.75) is 43.7 Å². The SMILES string of the molecule is CC(=O)NCCCCC(N)C(=O)NCCOc1ccc(CS)c(CS)c1. The maximum absolute atomic E-state index is 11.9. The van der Waals surface area contributed by atoms with Crippen LogP contribution < -0.4 is 21.1 Å². The van der Waals surface area contributed by atoms with E-state index in [-0.39, 0.29) is 11.8 Å². The first-order valence-corrected chi connectivity index (χ1v) is 9.98. The number of nitrogens with two attached hydrogens (primary N) is 1. The highest BCUT2D eigenvalue weighted by Crippen LogP contribution is 2.20. The summed E-state index contributed by atoms with van der Waals surface area (Å²) in [5.41, 5.74) is 8.09. The lowest BCUT2D eigenvalue weighted by Crippen LogP contribution is -2.42. The Kier molecular flexibility index (Phi) is 11.2. The van der Waals surface area contributed by atoms with Crippen LogP contribution in [0.1, 0.15) is 37.3 Å². The van der Waals surface area contributed by atoms with Gasteiger partial charge in [-0.25, -0.2) is 0 Å².